The largest absolute Gasteiger partial charge is 0.416 e. The van der Waals surface area contributed by atoms with Crippen LogP contribution in [0.25, 0.3) is 0 Å². The highest BCUT2D eigenvalue weighted by molar-refractivity contribution is 8.01. The summed E-state index contributed by atoms with van der Waals surface area (Å²) >= 11 is 1.45. The Hall–Kier alpha value is -0.960. The van der Waals surface area contributed by atoms with Gasteiger partial charge in [0.2, 0.25) is 11.8 Å². The Morgan fingerprint density at radius 3 is 2.90 bits per heavy atom. The van der Waals surface area contributed by atoms with Crippen molar-refractivity contribution in [1.82, 2.24) is 10.2 Å². The van der Waals surface area contributed by atoms with E-state index in [9.17, 15) is 22.8 Å². The summed E-state index contributed by atoms with van der Waals surface area (Å²) in [7, 11) is 0. The van der Waals surface area contributed by atoms with E-state index in [1.54, 1.807) is 0 Å². The molecule has 5 nitrogen and oxygen atoms in total. The van der Waals surface area contributed by atoms with E-state index in [-0.39, 0.29) is 5.91 Å². The number of thioether (sulfide) groups is 1. The minimum atomic E-state index is -4.77. The standard InChI is InChI=1S/C11H15F3N2O3S/c1-10-3-2-8(18)16(10)6(5-20-10)9(19)15-4-7(17)11(12,13)14/h6-7,17H,2-5H2,1H3,(H,15,19). The maximum Gasteiger partial charge on any atom is 0.416 e. The molecule has 2 aliphatic heterocycles. The summed E-state index contributed by atoms with van der Waals surface area (Å²) in [4.78, 5) is 24.7. The summed E-state index contributed by atoms with van der Waals surface area (Å²) in [5, 5.41) is 10.9. The van der Waals surface area contributed by atoms with Gasteiger partial charge >= 0.3 is 6.18 Å². The number of carbonyl (C=O) groups is 2. The second kappa shape index (κ2) is 5.10. The van der Waals surface area contributed by atoms with Crippen molar-refractivity contribution in [3.63, 3.8) is 0 Å². The van der Waals surface area contributed by atoms with Gasteiger partial charge in [0.15, 0.2) is 6.10 Å². The summed E-state index contributed by atoms with van der Waals surface area (Å²) in [5.41, 5.74) is 0. The molecule has 114 valence electrons. The van der Waals surface area contributed by atoms with Crippen LogP contribution in [0.4, 0.5) is 13.2 Å². The number of carbonyl (C=O) groups excluding carboxylic acids is 2. The van der Waals surface area contributed by atoms with Crippen molar-refractivity contribution in [1.29, 1.82) is 0 Å². The highest BCUT2D eigenvalue weighted by Crippen LogP contribution is 2.47. The average Bonchev–Trinajstić information content (AvgIpc) is 2.82. The summed E-state index contributed by atoms with van der Waals surface area (Å²) < 4.78 is 36.4. The van der Waals surface area contributed by atoms with Crippen LogP contribution in [0.5, 0.6) is 0 Å². The van der Waals surface area contributed by atoms with Gasteiger partial charge < -0.3 is 15.3 Å². The van der Waals surface area contributed by atoms with Gasteiger partial charge in [0.25, 0.3) is 0 Å². The number of alkyl halides is 3. The molecule has 3 atom stereocenters. The van der Waals surface area contributed by atoms with Crippen LogP contribution in [0, 0.1) is 0 Å². The highest BCUT2D eigenvalue weighted by atomic mass is 32.2. The first-order valence-corrected chi connectivity index (χ1v) is 7.12. The Bertz CT molecular complexity index is 432. The molecule has 0 spiro atoms. The fourth-order valence-corrected chi connectivity index (χ4v) is 3.88. The van der Waals surface area contributed by atoms with E-state index in [1.165, 1.54) is 16.7 Å². The molecule has 2 heterocycles. The van der Waals surface area contributed by atoms with Crippen molar-refractivity contribution < 1.29 is 27.9 Å². The van der Waals surface area contributed by atoms with Gasteiger partial charge in [0.05, 0.1) is 11.4 Å². The Kier molecular flexibility index (Phi) is 3.94. The van der Waals surface area contributed by atoms with Gasteiger partial charge in [0, 0.05) is 12.2 Å². The molecule has 2 N–H and O–H groups in total. The maximum absolute atomic E-state index is 12.1. The first kappa shape index (κ1) is 15.4. The molecule has 2 fully saturated rings. The van der Waals surface area contributed by atoms with Gasteiger partial charge in [-0.2, -0.15) is 13.2 Å². The first-order valence-electron chi connectivity index (χ1n) is 6.14. The molecule has 9 heteroatoms. The molecular formula is C11H15F3N2O3S. The number of hydrogen-bond donors (Lipinski definition) is 2. The molecule has 2 saturated heterocycles. The third-order valence-electron chi connectivity index (χ3n) is 3.59. The number of amides is 2. The lowest BCUT2D eigenvalue weighted by Gasteiger charge is -2.30. The summed E-state index contributed by atoms with van der Waals surface area (Å²) in [6.07, 6.45) is -6.39. The van der Waals surface area contributed by atoms with E-state index in [0.29, 0.717) is 18.6 Å². The molecule has 0 bridgehead atoms. The van der Waals surface area contributed by atoms with Gasteiger partial charge in [-0.3, -0.25) is 9.59 Å². The summed E-state index contributed by atoms with van der Waals surface area (Å²) in [6.45, 7) is 0.947. The SMILES string of the molecule is CC12CCC(=O)N1C(C(=O)NCC(O)C(F)(F)F)CS2. The van der Waals surface area contributed by atoms with E-state index >= 15 is 0 Å². The van der Waals surface area contributed by atoms with Crippen LogP contribution in [-0.4, -0.2) is 57.3 Å². The number of nitrogens with one attached hydrogen (secondary N) is 1. The minimum absolute atomic E-state index is 0.158. The number of rotatable bonds is 3. The van der Waals surface area contributed by atoms with Gasteiger partial charge in [-0.05, 0) is 13.3 Å². The minimum Gasteiger partial charge on any atom is -0.382 e. The molecule has 2 amide bonds. The fraction of sp³-hybridized carbons (Fsp3) is 0.818. The predicted octanol–water partition coefficient (Wildman–Crippen LogP) is 0.480. The molecule has 2 aliphatic rings. The van der Waals surface area contributed by atoms with Gasteiger partial charge in [-0.25, -0.2) is 0 Å². The molecule has 0 aromatic rings. The van der Waals surface area contributed by atoms with E-state index in [0.717, 1.165) is 0 Å². The van der Waals surface area contributed by atoms with Crippen molar-refractivity contribution >= 4 is 23.6 Å². The van der Waals surface area contributed by atoms with E-state index in [4.69, 9.17) is 5.11 Å². The van der Waals surface area contributed by atoms with Crippen molar-refractivity contribution in [3.8, 4) is 0 Å². The molecular weight excluding hydrogens is 297 g/mol. The quantitative estimate of drug-likeness (QED) is 0.795. The maximum atomic E-state index is 12.1. The Labute approximate surface area is 117 Å². The van der Waals surface area contributed by atoms with E-state index in [2.05, 4.69) is 5.32 Å². The Balaban J connectivity index is 1.96. The zero-order valence-corrected chi connectivity index (χ0v) is 11.6. The zero-order valence-electron chi connectivity index (χ0n) is 10.7. The van der Waals surface area contributed by atoms with Crippen molar-refractivity contribution in [2.75, 3.05) is 12.3 Å². The number of nitrogens with zero attached hydrogens (tertiary/aromatic N) is 1. The van der Waals surface area contributed by atoms with Crippen LogP contribution >= 0.6 is 11.8 Å². The lowest BCUT2D eigenvalue weighted by Crippen LogP contribution is -2.52. The van der Waals surface area contributed by atoms with Crippen molar-refractivity contribution in [2.45, 2.75) is 43.0 Å². The van der Waals surface area contributed by atoms with Gasteiger partial charge in [0.1, 0.15) is 6.04 Å². The van der Waals surface area contributed by atoms with Crippen molar-refractivity contribution in [3.05, 3.63) is 0 Å². The topological polar surface area (TPSA) is 69.6 Å². The Morgan fingerprint density at radius 2 is 2.30 bits per heavy atom. The second-order valence-corrected chi connectivity index (χ2v) is 6.57. The van der Waals surface area contributed by atoms with E-state index < -0.39 is 35.6 Å². The summed E-state index contributed by atoms with van der Waals surface area (Å²) in [6, 6.07) is -0.763. The smallest absolute Gasteiger partial charge is 0.382 e. The number of halogens is 3. The van der Waals surface area contributed by atoms with Crippen LogP contribution in [0.3, 0.4) is 0 Å². The van der Waals surface area contributed by atoms with Crippen LogP contribution in [0.1, 0.15) is 19.8 Å². The molecule has 0 aliphatic carbocycles. The lowest BCUT2D eigenvalue weighted by molar-refractivity contribution is -0.202. The normalized spacial score (nSPS) is 31.4. The third-order valence-corrected chi connectivity index (χ3v) is 5.10. The summed E-state index contributed by atoms with van der Waals surface area (Å²) in [5.74, 6) is -0.454. The van der Waals surface area contributed by atoms with Gasteiger partial charge in [-0.15, -0.1) is 11.8 Å². The second-order valence-electron chi connectivity index (χ2n) is 5.07. The van der Waals surface area contributed by atoms with Gasteiger partial charge in [-0.1, -0.05) is 0 Å². The van der Waals surface area contributed by atoms with Crippen molar-refractivity contribution in [2.24, 2.45) is 0 Å². The molecule has 0 aromatic heterocycles. The molecule has 3 unspecified atom stereocenters. The third kappa shape index (κ3) is 2.73. The molecule has 0 radical (unpaired) electrons. The van der Waals surface area contributed by atoms with E-state index in [1.807, 2.05) is 6.92 Å². The average molecular weight is 312 g/mol. The monoisotopic (exact) mass is 312 g/mol. The highest BCUT2D eigenvalue weighted by Gasteiger charge is 2.53. The first-order chi connectivity index (χ1) is 9.15. The number of hydrogen-bond acceptors (Lipinski definition) is 4. The zero-order chi connectivity index (χ0) is 15.1. The van der Waals surface area contributed by atoms with Crippen LogP contribution < -0.4 is 5.32 Å². The fourth-order valence-electron chi connectivity index (χ4n) is 2.45. The molecule has 20 heavy (non-hydrogen) atoms. The molecule has 0 aromatic carbocycles. The number of aliphatic hydroxyl groups excluding tert-OH is 1. The lowest BCUT2D eigenvalue weighted by atomic mass is 10.2. The Morgan fingerprint density at radius 1 is 1.65 bits per heavy atom. The number of fused-ring (bicyclic) bond motifs is 1. The van der Waals surface area contributed by atoms with Crippen LogP contribution in [0.2, 0.25) is 0 Å². The van der Waals surface area contributed by atoms with Crippen LogP contribution in [0.15, 0.2) is 0 Å². The number of aliphatic hydroxyl groups is 1. The van der Waals surface area contributed by atoms with Crippen LogP contribution in [-0.2, 0) is 9.59 Å². The molecule has 0 saturated carbocycles. The predicted molar refractivity (Wildman–Crippen MR) is 65.8 cm³/mol. The molecule has 2 rings (SSSR count).